The van der Waals surface area contributed by atoms with Crippen molar-refractivity contribution in [3.63, 3.8) is 0 Å². The molecule has 0 aliphatic heterocycles. The van der Waals surface area contributed by atoms with Gasteiger partial charge in [-0.2, -0.15) is 0 Å². The van der Waals surface area contributed by atoms with E-state index in [2.05, 4.69) is 276 Å². The Hall–Kier alpha value is -8.72. The predicted molar refractivity (Wildman–Crippen MR) is 280 cm³/mol. The monoisotopic (exact) mass is 840 g/mol. The molecule has 1 heterocycles. The van der Waals surface area contributed by atoms with E-state index in [9.17, 15) is 0 Å². The molecular weight excluding hydrogens is 797 g/mol. The molecular formula is C64H44N2. The largest absolute Gasteiger partial charge is 0.310 e. The number of nitrogens with zero attached hydrogens (tertiary/aromatic N) is 2. The van der Waals surface area contributed by atoms with Gasteiger partial charge >= 0.3 is 0 Å². The van der Waals surface area contributed by atoms with E-state index in [1.807, 2.05) is 0 Å². The lowest BCUT2D eigenvalue weighted by Crippen LogP contribution is -2.11. The van der Waals surface area contributed by atoms with E-state index in [4.69, 9.17) is 0 Å². The van der Waals surface area contributed by atoms with Crippen molar-refractivity contribution in [3.05, 3.63) is 267 Å². The molecule has 0 spiro atoms. The minimum Gasteiger partial charge on any atom is -0.310 e. The van der Waals surface area contributed by atoms with E-state index in [-0.39, 0.29) is 0 Å². The lowest BCUT2D eigenvalue weighted by Gasteiger charge is -2.28. The summed E-state index contributed by atoms with van der Waals surface area (Å²) in [4.78, 5) is 2.39. The van der Waals surface area contributed by atoms with Gasteiger partial charge in [0.15, 0.2) is 0 Å². The first-order valence-corrected chi connectivity index (χ1v) is 22.7. The highest BCUT2D eigenvalue weighted by Gasteiger charge is 2.20. The summed E-state index contributed by atoms with van der Waals surface area (Å²) in [6.45, 7) is 0. The second kappa shape index (κ2) is 16.8. The van der Waals surface area contributed by atoms with Crippen LogP contribution in [-0.4, -0.2) is 4.57 Å². The molecule has 0 radical (unpaired) electrons. The average molecular weight is 841 g/mol. The van der Waals surface area contributed by atoms with Gasteiger partial charge in [-0.15, -0.1) is 0 Å². The molecule has 0 saturated carbocycles. The van der Waals surface area contributed by atoms with Gasteiger partial charge in [-0.1, -0.05) is 212 Å². The van der Waals surface area contributed by atoms with Crippen LogP contribution in [0, 0.1) is 0 Å². The molecule has 0 N–H and O–H groups in total. The van der Waals surface area contributed by atoms with Gasteiger partial charge in [0, 0.05) is 33.4 Å². The number of para-hydroxylation sites is 3. The molecule has 12 aromatic rings. The highest BCUT2D eigenvalue weighted by molar-refractivity contribution is 6.16. The van der Waals surface area contributed by atoms with E-state index in [0.717, 1.165) is 28.3 Å². The molecule has 0 aliphatic rings. The van der Waals surface area contributed by atoms with E-state index >= 15 is 0 Å². The van der Waals surface area contributed by atoms with Crippen LogP contribution >= 0.6 is 0 Å². The summed E-state index contributed by atoms with van der Waals surface area (Å²) in [5.74, 6) is 0. The molecule has 0 fully saturated rings. The zero-order valence-electron chi connectivity index (χ0n) is 36.3. The van der Waals surface area contributed by atoms with Gasteiger partial charge in [0.05, 0.1) is 16.7 Å². The van der Waals surface area contributed by atoms with Gasteiger partial charge in [0.2, 0.25) is 0 Å². The quantitative estimate of drug-likeness (QED) is 0.141. The number of fused-ring (bicyclic) bond motifs is 4. The fourth-order valence-electron chi connectivity index (χ4n) is 9.94. The zero-order valence-corrected chi connectivity index (χ0v) is 36.3. The first-order chi connectivity index (χ1) is 32.8. The van der Waals surface area contributed by atoms with Gasteiger partial charge in [-0.3, -0.25) is 0 Å². The second-order valence-corrected chi connectivity index (χ2v) is 16.8. The maximum Gasteiger partial charge on any atom is 0.0547 e. The third-order valence-electron chi connectivity index (χ3n) is 13.0. The van der Waals surface area contributed by atoms with Crippen molar-refractivity contribution in [2.45, 2.75) is 0 Å². The molecule has 2 nitrogen and oxygen atoms in total. The Morgan fingerprint density at radius 2 is 0.712 bits per heavy atom. The van der Waals surface area contributed by atoms with Crippen molar-refractivity contribution in [2.75, 3.05) is 4.90 Å². The summed E-state index contributed by atoms with van der Waals surface area (Å²) in [7, 11) is 0. The van der Waals surface area contributed by atoms with Crippen LogP contribution in [-0.2, 0) is 0 Å². The van der Waals surface area contributed by atoms with Crippen LogP contribution in [0.2, 0.25) is 0 Å². The summed E-state index contributed by atoms with van der Waals surface area (Å²) in [5.41, 5.74) is 18.8. The van der Waals surface area contributed by atoms with Gasteiger partial charge in [0.25, 0.3) is 0 Å². The predicted octanol–water partition coefficient (Wildman–Crippen LogP) is 17.7. The summed E-state index contributed by atoms with van der Waals surface area (Å²) in [6.07, 6.45) is 0. The normalized spacial score (nSPS) is 11.3. The van der Waals surface area contributed by atoms with Crippen molar-refractivity contribution in [2.24, 2.45) is 0 Å². The fourth-order valence-corrected chi connectivity index (χ4v) is 9.94. The van der Waals surface area contributed by atoms with E-state index < -0.39 is 0 Å². The smallest absolute Gasteiger partial charge is 0.0547 e. The Labute approximate surface area is 385 Å². The van der Waals surface area contributed by atoms with E-state index in [1.165, 1.54) is 82.6 Å². The third kappa shape index (κ3) is 6.93. The molecule has 0 aliphatic carbocycles. The zero-order chi connectivity index (χ0) is 43.8. The molecule has 0 atom stereocenters. The Morgan fingerprint density at radius 3 is 1.45 bits per heavy atom. The van der Waals surface area contributed by atoms with Crippen LogP contribution in [0.3, 0.4) is 0 Å². The Kier molecular flexibility index (Phi) is 9.89. The summed E-state index contributed by atoms with van der Waals surface area (Å²) >= 11 is 0. The molecule has 0 bridgehead atoms. The standard InChI is InChI=1S/C64H44N2/c1-3-17-48(18-4-1)57-25-11-13-30-61(57)65(52-41-37-46(38-42-52)45-33-35-49(36-34-45)55-28-15-20-47-19-7-8-23-54(47)55)53-43-39-50(40-44-53)56-24-9-10-26-58(56)59-29-16-32-63-64(59)60-27-12-14-31-62(60)66(63)51-21-5-2-6-22-51/h1-44H. The lowest BCUT2D eigenvalue weighted by molar-refractivity contribution is 1.18. The van der Waals surface area contributed by atoms with Crippen LogP contribution in [0.25, 0.3) is 93.9 Å². The van der Waals surface area contributed by atoms with Gasteiger partial charge in [-0.05, 0) is 115 Å². The fraction of sp³-hybridized carbons (Fsp3) is 0. The average Bonchev–Trinajstić information content (AvgIpc) is 3.74. The Bertz CT molecular complexity index is 3660. The maximum atomic E-state index is 2.39. The minimum absolute atomic E-state index is 1.08. The van der Waals surface area contributed by atoms with E-state index in [0.29, 0.717) is 0 Å². The van der Waals surface area contributed by atoms with Crippen LogP contribution in [0.15, 0.2) is 267 Å². The van der Waals surface area contributed by atoms with Gasteiger partial charge in [-0.25, -0.2) is 0 Å². The van der Waals surface area contributed by atoms with Gasteiger partial charge in [0.1, 0.15) is 0 Å². The summed E-state index contributed by atoms with van der Waals surface area (Å²) in [5, 5.41) is 5.03. The second-order valence-electron chi connectivity index (χ2n) is 16.8. The molecule has 11 aromatic carbocycles. The third-order valence-corrected chi connectivity index (χ3v) is 13.0. The van der Waals surface area contributed by atoms with Crippen LogP contribution in [0.1, 0.15) is 0 Å². The molecule has 2 heteroatoms. The Morgan fingerprint density at radius 1 is 0.258 bits per heavy atom. The molecule has 0 unspecified atom stereocenters. The maximum absolute atomic E-state index is 2.39. The van der Waals surface area contributed by atoms with Crippen molar-refractivity contribution >= 4 is 49.6 Å². The highest BCUT2D eigenvalue weighted by Crippen LogP contribution is 2.45. The van der Waals surface area contributed by atoms with Crippen molar-refractivity contribution in [1.82, 2.24) is 4.57 Å². The number of anilines is 3. The van der Waals surface area contributed by atoms with E-state index in [1.54, 1.807) is 0 Å². The number of benzene rings is 11. The SMILES string of the molecule is c1ccc(-c2ccccc2N(c2ccc(-c3ccc(-c4cccc5ccccc45)cc3)cc2)c2ccc(-c3ccccc3-c3cccc4c3c3ccccc3n4-c3ccccc3)cc2)cc1. The number of hydrogen-bond donors (Lipinski definition) is 0. The molecule has 12 rings (SSSR count). The first kappa shape index (κ1) is 38.9. The Balaban J connectivity index is 0.933. The molecule has 310 valence electrons. The minimum atomic E-state index is 1.08. The van der Waals surface area contributed by atoms with Crippen LogP contribution in [0.5, 0.6) is 0 Å². The molecule has 1 aromatic heterocycles. The van der Waals surface area contributed by atoms with Crippen molar-refractivity contribution in [3.8, 4) is 61.3 Å². The van der Waals surface area contributed by atoms with Crippen LogP contribution < -0.4 is 4.90 Å². The van der Waals surface area contributed by atoms with Gasteiger partial charge < -0.3 is 9.47 Å². The highest BCUT2D eigenvalue weighted by atomic mass is 15.1. The summed E-state index contributed by atoms with van der Waals surface area (Å²) in [6, 6.07) is 96.7. The summed E-state index contributed by atoms with van der Waals surface area (Å²) < 4.78 is 2.39. The lowest BCUT2D eigenvalue weighted by atomic mass is 9.91. The van der Waals surface area contributed by atoms with Crippen molar-refractivity contribution < 1.29 is 0 Å². The number of aromatic nitrogens is 1. The topological polar surface area (TPSA) is 8.17 Å². The number of rotatable bonds is 9. The first-order valence-electron chi connectivity index (χ1n) is 22.7. The molecule has 66 heavy (non-hydrogen) atoms. The molecule has 0 amide bonds. The van der Waals surface area contributed by atoms with Crippen LogP contribution in [0.4, 0.5) is 17.1 Å². The van der Waals surface area contributed by atoms with Crippen molar-refractivity contribution in [1.29, 1.82) is 0 Å². The number of hydrogen-bond acceptors (Lipinski definition) is 1. The molecule has 0 saturated heterocycles.